The number of hydrazone groups is 1. The lowest BCUT2D eigenvalue weighted by atomic mass is 10.1. The number of carbonyl (C=O) groups excluding carboxylic acids is 1. The highest BCUT2D eigenvalue weighted by Gasteiger charge is 2.40. The van der Waals surface area contributed by atoms with Crippen LogP contribution in [0.15, 0.2) is 11.2 Å². The lowest BCUT2D eigenvalue weighted by Gasteiger charge is -2.12. The van der Waals surface area contributed by atoms with Crippen molar-refractivity contribution in [3.63, 3.8) is 0 Å². The van der Waals surface area contributed by atoms with E-state index in [9.17, 15) is 4.79 Å². The Morgan fingerprint density at radius 1 is 1.29 bits per heavy atom. The molecule has 1 atom stereocenters. The van der Waals surface area contributed by atoms with E-state index in [2.05, 4.69) is 15.1 Å². The van der Waals surface area contributed by atoms with Crippen molar-refractivity contribution in [2.24, 2.45) is 11.0 Å². The van der Waals surface area contributed by atoms with Crippen LogP contribution in [0.25, 0.3) is 0 Å². The van der Waals surface area contributed by atoms with Gasteiger partial charge in [0.1, 0.15) is 0 Å². The van der Waals surface area contributed by atoms with E-state index >= 15 is 0 Å². The van der Waals surface area contributed by atoms with Crippen molar-refractivity contribution in [1.29, 1.82) is 0 Å². The van der Waals surface area contributed by atoms with E-state index in [0.29, 0.717) is 5.95 Å². The third-order valence-electron chi connectivity index (χ3n) is 3.22. The predicted octanol–water partition coefficient (Wildman–Crippen LogP) is 1.60. The number of amides is 1. The maximum atomic E-state index is 12.1. The van der Waals surface area contributed by atoms with E-state index in [0.717, 1.165) is 36.4 Å². The summed E-state index contributed by atoms with van der Waals surface area (Å²) >= 11 is 0. The van der Waals surface area contributed by atoms with Gasteiger partial charge in [-0.15, -0.1) is 0 Å². The van der Waals surface area contributed by atoms with Crippen LogP contribution in [-0.2, 0) is 4.79 Å². The highest BCUT2D eigenvalue weighted by atomic mass is 16.2. The zero-order valence-electron chi connectivity index (χ0n) is 9.97. The van der Waals surface area contributed by atoms with Crippen LogP contribution in [0.1, 0.15) is 30.7 Å². The molecule has 5 nitrogen and oxygen atoms in total. The number of carbonyl (C=O) groups is 1. The number of fused-ring (bicyclic) bond motifs is 1. The summed E-state index contributed by atoms with van der Waals surface area (Å²) in [7, 11) is 0. The number of aromatic nitrogens is 2. The number of hydrogen-bond acceptors (Lipinski definition) is 4. The van der Waals surface area contributed by atoms with Crippen LogP contribution in [0.4, 0.5) is 5.95 Å². The zero-order valence-corrected chi connectivity index (χ0v) is 9.97. The van der Waals surface area contributed by atoms with Crippen molar-refractivity contribution in [1.82, 2.24) is 9.97 Å². The van der Waals surface area contributed by atoms with Crippen molar-refractivity contribution in [3.8, 4) is 0 Å². The van der Waals surface area contributed by atoms with Crippen LogP contribution >= 0.6 is 0 Å². The Morgan fingerprint density at radius 3 is 2.65 bits per heavy atom. The van der Waals surface area contributed by atoms with E-state index < -0.39 is 0 Å². The summed E-state index contributed by atoms with van der Waals surface area (Å²) in [4.78, 5) is 20.7. The second kappa shape index (κ2) is 3.61. The van der Waals surface area contributed by atoms with Crippen molar-refractivity contribution in [2.75, 3.05) is 5.01 Å². The van der Waals surface area contributed by atoms with Gasteiger partial charge in [-0.05, 0) is 39.2 Å². The molecule has 1 saturated carbocycles. The minimum atomic E-state index is -0.0144. The van der Waals surface area contributed by atoms with E-state index in [1.165, 1.54) is 5.01 Å². The summed E-state index contributed by atoms with van der Waals surface area (Å²) in [5, 5.41) is 5.73. The molecule has 1 amide bonds. The molecule has 3 rings (SSSR count). The van der Waals surface area contributed by atoms with Crippen LogP contribution < -0.4 is 5.01 Å². The van der Waals surface area contributed by atoms with Gasteiger partial charge in [-0.3, -0.25) is 4.79 Å². The van der Waals surface area contributed by atoms with Crippen LogP contribution in [-0.4, -0.2) is 21.6 Å². The molecule has 17 heavy (non-hydrogen) atoms. The molecular formula is C12H14N4O. The van der Waals surface area contributed by atoms with Crippen LogP contribution in [0.3, 0.4) is 0 Å². The maximum absolute atomic E-state index is 12.1. The average Bonchev–Trinajstić information content (AvgIpc) is 2.80. The number of anilines is 1. The van der Waals surface area contributed by atoms with Crippen LogP contribution in [0.2, 0.25) is 0 Å². The molecule has 0 saturated heterocycles. The van der Waals surface area contributed by atoms with Gasteiger partial charge in [-0.2, -0.15) is 10.1 Å². The normalized spacial score (nSPS) is 22.9. The van der Waals surface area contributed by atoms with Gasteiger partial charge >= 0.3 is 0 Å². The highest BCUT2D eigenvalue weighted by molar-refractivity contribution is 6.15. The molecule has 0 radical (unpaired) electrons. The zero-order chi connectivity index (χ0) is 12.0. The minimum Gasteiger partial charge on any atom is -0.272 e. The Hall–Kier alpha value is -1.78. The molecule has 1 unspecified atom stereocenters. The molecule has 88 valence electrons. The Morgan fingerprint density at radius 2 is 2.00 bits per heavy atom. The SMILES string of the molecule is Cc1cc(C)nc(N2N=C3CCCC3C2=O)n1. The predicted molar refractivity (Wildman–Crippen MR) is 63.8 cm³/mol. The second-order valence-corrected chi connectivity index (χ2v) is 4.64. The van der Waals surface area contributed by atoms with E-state index in [1.54, 1.807) is 0 Å². The summed E-state index contributed by atoms with van der Waals surface area (Å²) in [6.07, 6.45) is 2.91. The molecule has 0 bridgehead atoms. The molecule has 1 aromatic rings. The fraction of sp³-hybridized carbons (Fsp3) is 0.500. The summed E-state index contributed by atoms with van der Waals surface area (Å²) in [6.45, 7) is 3.79. The fourth-order valence-corrected chi connectivity index (χ4v) is 2.48. The van der Waals surface area contributed by atoms with Gasteiger partial charge in [0.05, 0.1) is 11.6 Å². The number of nitrogens with zero attached hydrogens (tertiary/aromatic N) is 4. The van der Waals surface area contributed by atoms with Crippen molar-refractivity contribution >= 4 is 17.6 Å². The molecule has 0 N–H and O–H groups in total. The number of aryl methyl sites for hydroxylation is 2. The first-order valence-corrected chi connectivity index (χ1v) is 5.89. The molecule has 2 aliphatic rings. The van der Waals surface area contributed by atoms with Crippen molar-refractivity contribution in [3.05, 3.63) is 17.5 Å². The molecule has 2 heterocycles. The maximum Gasteiger partial charge on any atom is 0.258 e. The highest BCUT2D eigenvalue weighted by Crippen LogP contribution is 2.31. The Balaban J connectivity index is 2.00. The first-order chi connectivity index (χ1) is 8.15. The minimum absolute atomic E-state index is 0.0144. The number of rotatable bonds is 1. The van der Waals surface area contributed by atoms with Crippen LogP contribution in [0.5, 0.6) is 0 Å². The van der Waals surface area contributed by atoms with E-state index in [4.69, 9.17) is 0 Å². The van der Waals surface area contributed by atoms with Gasteiger partial charge in [-0.25, -0.2) is 9.97 Å². The summed E-state index contributed by atoms with van der Waals surface area (Å²) < 4.78 is 0. The van der Waals surface area contributed by atoms with Gasteiger partial charge in [0.2, 0.25) is 0 Å². The number of hydrogen-bond donors (Lipinski definition) is 0. The lowest BCUT2D eigenvalue weighted by Crippen LogP contribution is -2.27. The Labute approximate surface area is 99.6 Å². The van der Waals surface area contributed by atoms with Crippen molar-refractivity contribution in [2.45, 2.75) is 33.1 Å². The third-order valence-corrected chi connectivity index (χ3v) is 3.22. The average molecular weight is 230 g/mol. The largest absolute Gasteiger partial charge is 0.272 e. The molecule has 0 spiro atoms. The van der Waals surface area contributed by atoms with E-state index in [1.807, 2.05) is 19.9 Å². The van der Waals surface area contributed by atoms with Gasteiger partial charge in [0.25, 0.3) is 11.9 Å². The van der Waals surface area contributed by atoms with Gasteiger partial charge in [0, 0.05) is 11.4 Å². The standard InChI is InChI=1S/C12H14N4O/c1-7-6-8(2)14-12(13-7)16-11(17)9-4-3-5-10(9)15-16/h6,9H,3-5H2,1-2H3. The first kappa shape index (κ1) is 10.4. The molecule has 5 heteroatoms. The summed E-state index contributed by atoms with van der Waals surface area (Å²) in [6, 6.07) is 1.89. The smallest absolute Gasteiger partial charge is 0.258 e. The molecule has 1 aliphatic heterocycles. The van der Waals surface area contributed by atoms with Crippen LogP contribution in [0, 0.1) is 19.8 Å². The lowest BCUT2D eigenvalue weighted by molar-refractivity contribution is -0.119. The third kappa shape index (κ3) is 1.62. The monoisotopic (exact) mass is 230 g/mol. The Bertz CT molecular complexity index is 503. The van der Waals surface area contributed by atoms with E-state index in [-0.39, 0.29) is 11.8 Å². The second-order valence-electron chi connectivity index (χ2n) is 4.64. The van der Waals surface area contributed by atoms with Gasteiger partial charge < -0.3 is 0 Å². The molecule has 0 aromatic carbocycles. The molecule has 1 fully saturated rings. The van der Waals surface area contributed by atoms with Gasteiger partial charge in [0.15, 0.2) is 0 Å². The van der Waals surface area contributed by atoms with Crippen molar-refractivity contribution < 1.29 is 4.79 Å². The Kier molecular flexibility index (Phi) is 2.21. The molecular weight excluding hydrogens is 216 g/mol. The summed E-state index contributed by atoms with van der Waals surface area (Å²) in [5.41, 5.74) is 2.72. The topological polar surface area (TPSA) is 58.5 Å². The fourth-order valence-electron chi connectivity index (χ4n) is 2.48. The first-order valence-electron chi connectivity index (χ1n) is 5.89. The summed E-state index contributed by atoms with van der Waals surface area (Å²) in [5.74, 6) is 0.427. The molecule has 1 aromatic heterocycles. The quantitative estimate of drug-likeness (QED) is 0.736. The molecule has 1 aliphatic carbocycles. The van der Waals surface area contributed by atoms with Gasteiger partial charge in [-0.1, -0.05) is 0 Å².